The third kappa shape index (κ3) is 5.47. The maximum atomic E-state index is 11.4. The summed E-state index contributed by atoms with van der Waals surface area (Å²) in [5, 5.41) is 0. The first kappa shape index (κ1) is 11.8. The molecule has 0 aliphatic carbocycles. The van der Waals surface area contributed by atoms with Gasteiger partial charge in [0.1, 0.15) is 0 Å². The lowest BCUT2D eigenvalue weighted by atomic mass is 9.96. The van der Waals surface area contributed by atoms with E-state index in [0.29, 0.717) is 0 Å². The lowest BCUT2D eigenvalue weighted by molar-refractivity contribution is -0.126. The van der Waals surface area contributed by atoms with Gasteiger partial charge in [-0.3, -0.25) is 9.52 Å². The number of hydrogen-bond donors (Lipinski definition) is 1. The molecule has 2 nitrogen and oxygen atoms in total. The highest BCUT2D eigenvalue weighted by molar-refractivity contribution is 7.99. The van der Waals surface area contributed by atoms with E-state index in [1.165, 1.54) is 11.9 Å². The maximum Gasteiger partial charge on any atom is 0.235 e. The molecule has 0 unspecified atom stereocenters. The lowest BCUT2D eigenvalue weighted by Crippen LogP contribution is -2.33. The summed E-state index contributed by atoms with van der Waals surface area (Å²) >= 11 is 1.47. The van der Waals surface area contributed by atoms with Gasteiger partial charge in [-0.1, -0.05) is 20.8 Å². The number of rotatable bonds is 1. The molecule has 0 aromatic rings. The van der Waals surface area contributed by atoms with Crippen LogP contribution in [0.1, 0.15) is 41.5 Å². The van der Waals surface area contributed by atoms with E-state index in [4.69, 9.17) is 0 Å². The van der Waals surface area contributed by atoms with Gasteiger partial charge >= 0.3 is 0 Å². The summed E-state index contributed by atoms with van der Waals surface area (Å²) in [6.07, 6.45) is 0. The van der Waals surface area contributed by atoms with Crippen molar-refractivity contribution in [3.63, 3.8) is 0 Å². The van der Waals surface area contributed by atoms with E-state index < -0.39 is 0 Å². The predicted molar refractivity (Wildman–Crippen MR) is 54.9 cm³/mol. The minimum atomic E-state index is -0.293. The van der Waals surface area contributed by atoms with Crippen molar-refractivity contribution in [1.29, 1.82) is 0 Å². The molecule has 0 rings (SSSR count). The van der Waals surface area contributed by atoms with E-state index in [1.54, 1.807) is 0 Å². The van der Waals surface area contributed by atoms with Gasteiger partial charge in [0, 0.05) is 10.2 Å². The molecule has 0 atom stereocenters. The molecule has 3 heteroatoms. The third-order valence-electron chi connectivity index (χ3n) is 1.13. The average Bonchev–Trinajstić information content (AvgIpc) is 1.78. The zero-order valence-electron chi connectivity index (χ0n) is 8.82. The van der Waals surface area contributed by atoms with E-state index in [9.17, 15) is 4.79 Å². The average molecular weight is 189 g/mol. The molecule has 0 aliphatic rings. The topological polar surface area (TPSA) is 29.1 Å². The van der Waals surface area contributed by atoms with Crippen LogP contribution in [0.15, 0.2) is 0 Å². The molecule has 0 saturated carbocycles. The second kappa shape index (κ2) is 3.69. The molecule has 72 valence electrons. The Hall–Kier alpha value is -0.180. The number of amides is 1. The lowest BCUT2D eigenvalue weighted by Gasteiger charge is -2.22. The van der Waals surface area contributed by atoms with Crippen LogP contribution in [0.2, 0.25) is 0 Å². The highest BCUT2D eigenvalue weighted by atomic mass is 32.2. The molecule has 1 N–H and O–H groups in total. The van der Waals surface area contributed by atoms with Crippen LogP contribution in [0.4, 0.5) is 0 Å². The minimum Gasteiger partial charge on any atom is -0.299 e. The molecule has 0 heterocycles. The molecular weight excluding hydrogens is 170 g/mol. The largest absolute Gasteiger partial charge is 0.299 e. The Kier molecular flexibility index (Phi) is 3.63. The summed E-state index contributed by atoms with van der Waals surface area (Å²) in [4.78, 5) is 11.4. The highest BCUT2D eigenvalue weighted by Crippen LogP contribution is 2.22. The van der Waals surface area contributed by atoms with Crippen molar-refractivity contribution < 1.29 is 4.79 Å². The van der Waals surface area contributed by atoms with Crippen LogP contribution in [-0.2, 0) is 4.79 Å². The number of nitrogens with one attached hydrogen (secondary N) is 1. The van der Waals surface area contributed by atoms with Crippen LogP contribution in [0.25, 0.3) is 0 Å². The highest BCUT2D eigenvalue weighted by Gasteiger charge is 2.23. The van der Waals surface area contributed by atoms with Gasteiger partial charge < -0.3 is 0 Å². The zero-order valence-corrected chi connectivity index (χ0v) is 9.63. The fourth-order valence-corrected chi connectivity index (χ4v) is 1.06. The van der Waals surface area contributed by atoms with Crippen LogP contribution in [-0.4, -0.2) is 10.7 Å². The molecule has 0 aromatic carbocycles. The van der Waals surface area contributed by atoms with E-state index in [1.807, 2.05) is 20.8 Å². The first-order chi connectivity index (χ1) is 5.13. The fourth-order valence-electron chi connectivity index (χ4n) is 0.353. The summed E-state index contributed by atoms with van der Waals surface area (Å²) in [6, 6.07) is 0. The van der Waals surface area contributed by atoms with Crippen molar-refractivity contribution in [2.24, 2.45) is 5.41 Å². The van der Waals surface area contributed by atoms with Crippen LogP contribution < -0.4 is 4.72 Å². The van der Waals surface area contributed by atoms with Gasteiger partial charge in [-0.05, 0) is 32.7 Å². The molecule has 0 radical (unpaired) electrons. The molecular formula is C9H19NOS. The van der Waals surface area contributed by atoms with Gasteiger partial charge in [-0.2, -0.15) is 0 Å². The summed E-state index contributed by atoms with van der Waals surface area (Å²) in [7, 11) is 0. The minimum absolute atomic E-state index is 0.0842. The number of hydrogen-bond acceptors (Lipinski definition) is 2. The Morgan fingerprint density at radius 3 is 1.75 bits per heavy atom. The predicted octanol–water partition coefficient (Wildman–Crippen LogP) is 2.60. The standard InChI is InChI=1S/C9H19NOS/c1-8(2,3)7(11)10-12-9(4,5)6/h1-6H3,(H,10,11). The quantitative estimate of drug-likeness (QED) is 0.642. The molecule has 0 fully saturated rings. The zero-order chi connectivity index (χ0) is 9.99. The van der Waals surface area contributed by atoms with Crippen molar-refractivity contribution in [1.82, 2.24) is 4.72 Å². The van der Waals surface area contributed by atoms with Crippen LogP contribution in [0.5, 0.6) is 0 Å². The van der Waals surface area contributed by atoms with E-state index in [2.05, 4.69) is 25.5 Å². The van der Waals surface area contributed by atoms with Crippen molar-refractivity contribution >= 4 is 17.9 Å². The first-order valence-corrected chi connectivity index (χ1v) is 4.93. The SMILES string of the molecule is CC(C)(C)SNC(=O)C(C)(C)C. The van der Waals surface area contributed by atoms with Gasteiger partial charge in [0.25, 0.3) is 0 Å². The normalized spacial score (nSPS) is 12.8. The summed E-state index contributed by atoms with van der Waals surface area (Å²) in [6.45, 7) is 11.9. The van der Waals surface area contributed by atoms with Gasteiger partial charge in [-0.25, -0.2) is 0 Å². The van der Waals surface area contributed by atoms with Crippen molar-refractivity contribution in [2.75, 3.05) is 0 Å². The Morgan fingerprint density at radius 1 is 1.08 bits per heavy atom. The molecule has 0 bridgehead atoms. The van der Waals surface area contributed by atoms with Crippen molar-refractivity contribution in [3.8, 4) is 0 Å². The Balaban J connectivity index is 3.90. The Bertz CT molecular complexity index is 164. The van der Waals surface area contributed by atoms with Gasteiger partial charge in [0.05, 0.1) is 0 Å². The summed E-state index contributed by atoms with van der Waals surface area (Å²) in [5.41, 5.74) is -0.293. The van der Waals surface area contributed by atoms with Crippen LogP contribution in [0.3, 0.4) is 0 Å². The molecule has 0 saturated heterocycles. The van der Waals surface area contributed by atoms with Crippen LogP contribution in [0, 0.1) is 5.41 Å². The first-order valence-electron chi connectivity index (χ1n) is 4.11. The van der Waals surface area contributed by atoms with Crippen molar-refractivity contribution in [3.05, 3.63) is 0 Å². The monoisotopic (exact) mass is 189 g/mol. The molecule has 0 spiro atoms. The van der Waals surface area contributed by atoms with Gasteiger partial charge in [0.15, 0.2) is 0 Å². The molecule has 0 aliphatic heterocycles. The van der Waals surface area contributed by atoms with E-state index in [0.717, 1.165) is 0 Å². The van der Waals surface area contributed by atoms with E-state index >= 15 is 0 Å². The number of carbonyl (C=O) groups excluding carboxylic acids is 1. The second-order valence-electron chi connectivity index (χ2n) is 4.90. The summed E-state index contributed by atoms with van der Waals surface area (Å²) < 4.78 is 2.92. The molecule has 12 heavy (non-hydrogen) atoms. The third-order valence-corrected chi connectivity index (χ3v) is 2.03. The smallest absolute Gasteiger partial charge is 0.235 e. The Labute approximate surface area is 79.6 Å². The number of carbonyl (C=O) groups is 1. The molecule has 0 aromatic heterocycles. The van der Waals surface area contributed by atoms with Crippen LogP contribution >= 0.6 is 11.9 Å². The fraction of sp³-hybridized carbons (Fsp3) is 0.889. The van der Waals surface area contributed by atoms with Crippen molar-refractivity contribution in [2.45, 2.75) is 46.3 Å². The Morgan fingerprint density at radius 2 is 1.50 bits per heavy atom. The van der Waals surface area contributed by atoms with Gasteiger partial charge in [-0.15, -0.1) is 0 Å². The summed E-state index contributed by atoms with van der Waals surface area (Å²) in [5.74, 6) is 0.0856. The van der Waals surface area contributed by atoms with E-state index in [-0.39, 0.29) is 16.1 Å². The molecule has 1 amide bonds. The maximum absolute atomic E-state index is 11.4. The second-order valence-corrected chi connectivity index (χ2v) is 6.53. The van der Waals surface area contributed by atoms with Gasteiger partial charge in [0.2, 0.25) is 5.91 Å².